The Morgan fingerprint density at radius 2 is 2.06 bits per heavy atom. The Hall–Kier alpha value is -3.52. The van der Waals surface area contributed by atoms with Gasteiger partial charge in [-0.1, -0.05) is 12.1 Å². The number of hydrogen-bond acceptors (Lipinski definition) is 8. The number of nitrogens with one attached hydrogen (secondary N) is 1. The van der Waals surface area contributed by atoms with Crippen LogP contribution in [0.5, 0.6) is 5.75 Å². The molecule has 11 heteroatoms. The van der Waals surface area contributed by atoms with Gasteiger partial charge in [0.25, 0.3) is 5.91 Å². The monoisotopic (exact) mass is 475 g/mol. The molecule has 1 aromatic carbocycles. The number of carbonyl (C=O) groups excluding carboxylic acids is 3. The maximum Gasteiger partial charge on any atom is 0.323 e. The van der Waals surface area contributed by atoms with Crippen LogP contribution < -0.4 is 10.1 Å². The second kappa shape index (κ2) is 12.5. The van der Waals surface area contributed by atoms with Crippen LogP contribution in [0.2, 0.25) is 0 Å². The molecule has 176 valence electrons. The second-order valence-corrected chi connectivity index (χ2v) is 8.01. The first-order valence-electron chi connectivity index (χ1n) is 10.2. The zero-order valence-electron chi connectivity index (χ0n) is 18.3. The standard InChI is InChI=1S/C22H25N3O7S/c1-3-31-19(29)8-9-33-13-14(2)21-20(22(30)25(21)11-18(27)28)24-17(26)12-32-16-7-5-4-6-15(16)10-23/h4-7,13,20-21H,3,8-9,11-12H2,1-2H3,(H,24,26)(H,27,28). The summed E-state index contributed by atoms with van der Waals surface area (Å²) < 4.78 is 10.3. The van der Waals surface area contributed by atoms with Crippen molar-refractivity contribution in [2.45, 2.75) is 32.4 Å². The summed E-state index contributed by atoms with van der Waals surface area (Å²) >= 11 is 1.33. The predicted molar refractivity (Wildman–Crippen MR) is 119 cm³/mol. The van der Waals surface area contributed by atoms with Gasteiger partial charge in [0.2, 0.25) is 5.91 Å². The zero-order valence-corrected chi connectivity index (χ0v) is 19.1. The largest absolute Gasteiger partial charge is 0.482 e. The highest BCUT2D eigenvalue weighted by Crippen LogP contribution is 2.28. The highest BCUT2D eigenvalue weighted by Gasteiger charge is 2.49. The molecule has 0 aromatic heterocycles. The highest BCUT2D eigenvalue weighted by molar-refractivity contribution is 8.02. The fraction of sp³-hybridized carbons (Fsp3) is 0.409. The summed E-state index contributed by atoms with van der Waals surface area (Å²) in [5.41, 5.74) is 0.944. The molecule has 1 aliphatic rings. The summed E-state index contributed by atoms with van der Waals surface area (Å²) in [6, 6.07) is 6.82. The summed E-state index contributed by atoms with van der Waals surface area (Å²) in [7, 11) is 0. The van der Waals surface area contributed by atoms with Gasteiger partial charge < -0.3 is 24.8 Å². The third-order valence-corrected chi connectivity index (χ3v) is 5.63. The molecule has 0 radical (unpaired) electrons. The quantitative estimate of drug-likeness (QED) is 0.259. The number of thioether (sulfide) groups is 1. The van der Waals surface area contributed by atoms with E-state index < -0.39 is 43.0 Å². The lowest BCUT2D eigenvalue weighted by Crippen LogP contribution is -2.72. The molecule has 0 aliphatic carbocycles. The van der Waals surface area contributed by atoms with E-state index >= 15 is 0 Å². The lowest BCUT2D eigenvalue weighted by Gasteiger charge is -2.47. The molecule has 33 heavy (non-hydrogen) atoms. The predicted octanol–water partition coefficient (Wildman–Crippen LogP) is 1.31. The minimum Gasteiger partial charge on any atom is -0.482 e. The number of carbonyl (C=O) groups is 4. The number of hydrogen-bond donors (Lipinski definition) is 2. The maximum atomic E-state index is 12.5. The van der Waals surface area contributed by atoms with E-state index in [9.17, 15) is 19.2 Å². The van der Waals surface area contributed by atoms with E-state index in [1.807, 2.05) is 6.07 Å². The van der Waals surface area contributed by atoms with Gasteiger partial charge >= 0.3 is 11.9 Å². The summed E-state index contributed by atoms with van der Waals surface area (Å²) in [5.74, 6) is -1.88. The van der Waals surface area contributed by atoms with Crippen molar-refractivity contribution in [3.63, 3.8) is 0 Å². The lowest BCUT2D eigenvalue weighted by molar-refractivity contribution is -0.158. The summed E-state index contributed by atoms with van der Waals surface area (Å²) in [4.78, 5) is 48.6. The molecule has 1 aliphatic heterocycles. The van der Waals surface area contributed by atoms with Gasteiger partial charge in [-0.3, -0.25) is 19.2 Å². The molecule has 0 saturated carbocycles. The van der Waals surface area contributed by atoms with Crippen LogP contribution >= 0.6 is 11.8 Å². The molecular formula is C22H25N3O7S. The second-order valence-electron chi connectivity index (χ2n) is 7.03. The maximum absolute atomic E-state index is 12.5. The first-order valence-corrected chi connectivity index (χ1v) is 11.2. The van der Waals surface area contributed by atoms with Crippen molar-refractivity contribution in [2.24, 2.45) is 0 Å². The van der Waals surface area contributed by atoms with Crippen LogP contribution in [0.1, 0.15) is 25.8 Å². The molecule has 1 heterocycles. The van der Waals surface area contributed by atoms with Gasteiger partial charge in [0, 0.05) is 5.75 Å². The van der Waals surface area contributed by atoms with Gasteiger partial charge in [-0.25, -0.2) is 0 Å². The van der Waals surface area contributed by atoms with E-state index in [4.69, 9.17) is 19.8 Å². The van der Waals surface area contributed by atoms with E-state index in [0.29, 0.717) is 17.9 Å². The minimum absolute atomic E-state index is 0.215. The van der Waals surface area contributed by atoms with Crippen LogP contribution in [0.15, 0.2) is 35.2 Å². The van der Waals surface area contributed by atoms with E-state index in [2.05, 4.69) is 5.32 Å². The van der Waals surface area contributed by atoms with Crippen LogP contribution in [0.25, 0.3) is 0 Å². The minimum atomic E-state index is -1.17. The average molecular weight is 476 g/mol. The van der Waals surface area contributed by atoms with Crippen molar-refractivity contribution >= 4 is 35.5 Å². The first kappa shape index (κ1) is 25.7. The Kier molecular flexibility index (Phi) is 9.75. The molecule has 10 nitrogen and oxygen atoms in total. The van der Waals surface area contributed by atoms with Crippen molar-refractivity contribution < 1.29 is 33.8 Å². The highest BCUT2D eigenvalue weighted by atomic mass is 32.2. The average Bonchev–Trinajstić information content (AvgIpc) is 2.79. The number of para-hydroxylation sites is 1. The van der Waals surface area contributed by atoms with Crippen molar-refractivity contribution in [1.82, 2.24) is 10.2 Å². The zero-order chi connectivity index (χ0) is 24.4. The van der Waals surface area contributed by atoms with E-state index in [1.54, 1.807) is 43.5 Å². The number of nitrogens with zero attached hydrogens (tertiary/aromatic N) is 2. The van der Waals surface area contributed by atoms with Crippen LogP contribution in [0, 0.1) is 11.3 Å². The number of nitriles is 1. The number of carboxylic acid groups (broad SMARTS) is 1. The molecule has 2 unspecified atom stereocenters. The number of β-lactam (4-membered cyclic amide) rings is 1. The fourth-order valence-electron chi connectivity index (χ4n) is 3.20. The number of ether oxygens (including phenoxy) is 2. The molecule has 1 fully saturated rings. The number of esters is 1. The molecular weight excluding hydrogens is 450 g/mol. The lowest BCUT2D eigenvalue weighted by atomic mass is 9.89. The Morgan fingerprint density at radius 3 is 2.73 bits per heavy atom. The topological polar surface area (TPSA) is 146 Å². The smallest absolute Gasteiger partial charge is 0.323 e. The molecule has 1 saturated heterocycles. The number of aliphatic carboxylic acids is 1. The molecule has 0 bridgehead atoms. The normalized spacial score (nSPS) is 17.5. The molecule has 2 N–H and O–H groups in total. The van der Waals surface area contributed by atoms with Crippen molar-refractivity contribution in [1.29, 1.82) is 5.26 Å². The third-order valence-electron chi connectivity index (χ3n) is 4.65. The van der Waals surface area contributed by atoms with Gasteiger partial charge in [0.15, 0.2) is 6.61 Å². The van der Waals surface area contributed by atoms with Gasteiger partial charge in [0.05, 0.1) is 24.6 Å². The van der Waals surface area contributed by atoms with Gasteiger partial charge in [0.1, 0.15) is 24.4 Å². The number of carboxylic acids is 1. The van der Waals surface area contributed by atoms with Crippen LogP contribution in [-0.4, -0.2) is 71.4 Å². The molecule has 0 spiro atoms. The Bertz CT molecular complexity index is 973. The summed E-state index contributed by atoms with van der Waals surface area (Å²) in [5, 5.41) is 22.5. The van der Waals surface area contributed by atoms with Crippen LogP contribution in [0.4, 0.5) is 0 Å². The summed E-state index contributed by atoms with van der Waals surface area (Å²) in [6.45, 7) is 2.84. The number of rotatable bonds is 12. The molecule has 2 amide bonds. The number of benzene rings is 1. The van der Waals surface area contributed by atoms with E-state index in [-0.39, 0.29) is 23.7 Å². The Labute approximate surface area is 195 Å². The molecule has 2 rings (SSSR count). The number of likely N-dealkylation sites (tertiary alicyclic amines) is 1. The summed E-state index contributed by atoms with van der Waals surface area (Å²) in [6.07, 6.45) is 0.215. The fourth-order valence-corrected chi connectivity index (χ4v) is 4.00. The van der Waals surface area contributed by atoms with Gasteiger partial charge in [-0.15, -0.1) is 11.8 Å². The van der Waals surface area contributed by atoms with Crippen molar-refractivity contribution in [3.05, 3.63) is 40.8 Å². The number of amides is 2. The van der Waals surface area contributed by atoms with Crippen LogP contribution in [-0.2, 0) is 23.9 Å². The van der Waals surface area contributed by atoms with Gasteiger partial charge in [-0.05, 0) is 37.0 Å². The van der Waals surface area contributed by atoms with Crippen molar-refractivity contribution in [3.8, 4) is 11.8 Å². The molecule has 1 aromatic rings. The molecule has 2 atom stereocenters. The van der Waals surface area contributed by atoms with Crippen molar-refractivity contribution in [2.75, 3.05) is 25.5 Å². The SMILES string of the molecule is CCOC(=O)CCSC=C(C)C1C(NC(=O)COc2ccccc2C#N)C(=O)N1CC(=O)O. The Balaban J connectivity index is 1.99. The van der Waals surface area contributed by atoms with Crippen LogP contribution in [0.3, 0.4) is 0 Å². The Morgan fingerprint density at radius 1 is 1.33 bits per heavy atom. The third kappa shape index (κ3) is 7.25. The van der Waals surface area contributed by atoms with E-state index in [1.165, 1.54) is 11.8 Å². The first-order chi connectivity index (χ1) is 15.8. The van der Waals surface area contributed by atoms with E-state index in [0.717, 1.165) is 4.90 Å². The van der Waals surface area contributed by atoms with Gasteiger partial charge in [-0.2, -0.15) is 5.26 Å².